The predicted octanol–water partition coefficient (Wildman–Crippen LogP) is 0.291. The van der Waals surface area contributed by atoms with Gasteiger partial charge in [-0.1, -0.05) is 0 Å². The number of carbonyl (C=O) groups excluding carboxylic acids is 2. The van der Waals surface area contributed by atoms with E-state index in [9.17, 15) is 9.59 Å². The lowest BCUT2D eigenvalue weighted by atomic mass is 9.98. The fraction of sp³-hybridized carbons (Fsp3) is 0.769. The van der Waals surface area contributed by atoms with Crippen LogP contribution in [0.3, 0.4) is 0 Å². The van der Waals surface area contributed by atoms with Crippen molar-refractivity contribution in [2.75, 3.05) is 32.8 Å². The number of nitrogens with zero attached hydrogens (tertiary/aromatic N) is 2. The first-order chi connectivity index (χ1) is 9.17. The number of piperidine rings is 1. The highest BCUT2D eigenvalue weighted by atomic mass is 16.5. The fourth-order valence-corrected chi connectivity index (χ4v) is 2.17. The zero-order chi connectivity index (χ0) is 14.1. The van der Waals surface area contributed by atoms with E-state index in [1.807, 2.05) is 11.0 Å². The number of hydrogen-bond acceptors (Lipinski definition) is 5. The Bertz CT molecular complexity index is 352. The number of rotatable bonds is 6. The van der Waals surface area contributed by atoms with Crippen LogP contribution in [0.25, 0.3) is 0 Å². The molecule has 1 rings (SSSR count). The van der Waals surface area contributed by atoms with Crippen molar-refractivity contribution in [3.05, 3.63) is 0 Å². The Morgan fingerprint density at radius 2 is 2.32 bits per heavy atom. The van der Waals surface area contributed by atoms with E-state index in [0.29, 0.717) is 26.1 Å². The van der Waals surface area contributed by atoms with Crippen LogP contribution in [0.1, 0.15) is 26.2 Å². The molecule has 1 N–H and O–H groups in total. The van der Waals surface area contributed by atoms with E-state index in [2.05, 4.69) is 5.32 Å². The predicted molar refractivity (Wildman–Crippen MR) is 69.0 cm³/mol. The van der Waals surface area contributed by atoms with Gasteiger partial charge < -0.3 is 10.1 Å². The molecule has 1 aliphatic rings. The molecule has 0 spiro atoms. The molecule has 0 aromatic heterocycles. The van der Waals surface area contributed by atoms with Crippen molar-refractivity contribution in [3.63, 3.8) is 0 Å². The first-order valence-electron chi connectivity index (χ1n) is 6.70. The van der Waals surface area contributed by atoms with Crippen molar-refractivity contribution in [2.45, 2.75) is 26.2 Å². The third-order valence-corrected chi connectivity index (χ3v) is 3.05. The molecule has 0 aliphatic carbocycles. The van der Waals surface area contributed by atoms with Crippen LogP contribution in [0.2, 0.25) is 0 Å². The molecule has 1 fully saturated rings. The SMILES string of the molecule is CCOC(=O)[C@H]1CCCN(CC(=O)NCCC#N)C1. The zero-order valence-electron chi connectivity index (χ0n) is 11.4. The normalized spacial score (nSPS) is 19.5. The summed E-state index contributed by atoms with van der Waals surface area (Å²) in [6.45, 7) is 4.24. The van der Waals surface area contributed by atoms with E-state index >= 15 is 0 Å². The monoisotopic (exact) mass is 267 g/mol. The number of nitriles is 1. The van der Waals surface area contributed by atoms with Gasteiger partial charge in [0, 0.05) is 13.1 Å². The van der Waals surface area contributed by atoms with Crippen molar-refractivity contribution < 1.29 is 14.3 Å². The number of hydrogen-bond donors (Lipinski definition) is 1. The summed E-state index contributed by atoms with van der Waals surface area (Å²) < 4.78 is 5.01. The third-order valence-electron chi connectivity index (χ3n) is 3.05. The van der Waals surface area contributed by atoms with Crippen LogP contribution in [0, 0.1) is 17.2 Å². The fourth-order valence-electron chi connectivity index (χ4n) is 2.17. The smallest absolute Gasteiger partial charge is 0.310 e. The Kier molecular flexibility index (Phi) is 6.90. The van der Waals surface area contributed by atoms with Crippen LogP contribution in [0.15, 0.2) is 0 Å². The van der Waals surface area contributed by atoms with Crippen molar-refractivity contribution in [1.29, 1.82) is 5.26 Å². The average molecular weight is 267 g/mol. The molecule has 1 heterocycles. The lowest BCUT2D eigenvalue weighted by molar-refractivity contribution is -0.150. The molecule has 106 valence electrons. The Labute approximate surface area is 113 Å². The summed E-state index contributed by atoms with van der Waals surface area (Å²) in [7, 11) is 0. The third kappa shape index (κ3) is 5.71. The first kappa shape index (κ1) is 15.4. The van der Waals surface area contributed by atoms with E-state index in [1.165, 1.54) is 0 Å². The number of amides is 1. The molecule has 1 amide bonds. The van der Waals surface area contributed by atoms with Crippen molar-refractivity contribution >= 4 is 11.9 Å². The van der Waals surface area contributed by atoms with Crippen molar-refractivity contribution in [2.24, 2.45) is 5.92 Å². The van der Waals surface area contributed by atoms with Crippen LogP contribution < -0.4 is 5.32 Å². The summed E-state index contributed by atoms with van der Waals surface area (Å²) >= 11 is 0. The van der Waals surface area contributed by atoms with Gasteiger partial charge in [-0.3, -0.25) is 14.5 Å². The lowest BCUT2D eigenvalue weighted by Gasteiger charge is -2.30. The van der Waals surface area contributed by atoms with E-state index in [-0.39, 0.29) is 24.3 Å². The van der Waals surface area contributed by atoms with Crippen LogP contribution in [0.5, 0.6) is 0 Å². The molecule has 6 nitrogen and oxygen atoms in total. The zero-order valence-corrected chi connectivity index (χ0v) is 11.4. The highest BCUT2D eigenvalue weighted by Gasteiger charge is 2.27. The van der Waals surface area contributed by atoms with Gasteiger partial charge in [-0.25, -0.2) is 0 Å². The number of nitrogens with one attached hydrogen (secondary N) is 1. The molecule has 1 aliphatic heterocycles. The first-order valence-corrected chi connectivity index (χ1v) is 6.70. The average Bonchev–Trinajstić information content (AvgIpc) is 2.39. The molecule has 6 heteroatoms. The highest BCUT2D eigenvalue weighted by molar-refractivity contribution is 5.78. The van der Waals surface area contributed by atoms with Crippen LogP contribution in [-0.4, -0.2) is 49.6 Å². The second-order valence-electron chi connectivity index (χ2n) is 4.58. The van der Waals surface area contributed by atoms with Gasteiger partial charge in [0.05, 0.1) is 31.6 Å². The van der Waals surface area contributed by atoms with Gasteiger partial charge in [-0.2, -0.15) is 5.26 Å². The van der Waals surface area contributed by atoms with Gasteiger partial charge in [0.1, 0.15) is 0 Å². The molecule has 0 bridgehead atoms. The summed E-state index contributed by atoms with van der Waals surface area (Å²) in [5, 5.41) is 11.1. The molecule has 0 aromatic carbocycles. The Morgan fingerprint density at radius 1 is 1.53 bits per heavy atom. The minimum atomic E-state index is -0.169. The quantitative estimate of drug-likeness (QED) is 0.552. The molecule has 1 atom stereocenters. The summed E-state index contributed by atoms with van der Waals surface area (Å²) in [5.41, 5.74) is 0. The molecule has 0 unspecified atom stereocenters. The van der Waals surface area contributed by atoms with Gasteiger partial charge in [0.15, 0.2) is 0 Å². The summed E-state index contributed by atoms with van der Waals surface area (Å²) in [5.74, 6) is -0.391. The second-order valence-corrected chi connectivity index (χ2v) is 4.58. The Hall–Kier alpha value is -1.61. The van der Waals surface area contributed by atoms with Gasteiger partial charge in [0.2, 0.25) is 5.91 Å². The topological polar surface area (TPSA) is 82.4 Å². The van der Waals surface area contributed by atoms with Crippen molar-refractivity contribution in [1.82, 2.24) is 10.2 Å². The Balaban J connectivity index is 2.32. The van der Waals surface area contributed by atoms with E-state index in [0.717, 1.165) is 19.4 Å². The number of likely N-dealkylation sites (tertiary alicyclic amines) is 1. The number of esters is 1. The highest BCUT2D eigenvalue weighted by Crippen LogP contribution is 2.17. The van der Waals surface area contributed by atoms with Gasteiger partial charge in [-0.15, -0.1) is 0 Å². The maximum Gasteiger partial charge on any atom is 0.310 e. The molecular weight excluding hydrogens is 246 g/mol. The lowest BCUT2D eigenvalue weighted by Crippen LogP contribution is -2.44. The minimum Gasteiger partial charge on any atom is -0.466 e. The molecule has 0 saturated carbocycles. The van der Waals surface area contributed by atoms with Gasteiger partial charge in [-0.05, 0) is 26.3 Å². The minimum absolute atomic E-state index is 0.0974. The molecule has 0 radical (unpaired) electrons. The van der Waals surface area contributed by atoms with E-state index < -0.39 is 0 Å². The second kappa shape index (κ2) is 8.48. The number of carbonyl (C=O) groups is 2. The summed E-state index contributed by atoms with van der Waals surface area (Å²) in [6.07, 6.45) is 2.04. The Morgan fingerprint density at radius 3 is 3.00 bits per heavy atom. The van der Waals surface area contributed by atoms with Gasteiger partial charge >= 0.3 is 5.97 Å². The molecule has 1 saturated heterocycles. The molecule has 0 aromatic rings. The molecular formula is C13H21N3O3. The van der Waals surface area contributed by atoms with Crippen LogP contribution in [-0.2, 0) is 14.3 Å². The maximum absolute atomic E-state index is 11.7. The van der Waals surface area contributed by atoms with E-state index in [1.54, 1.807) is 6.92 Å². The van der Waals surface area contributed by atoms with Crippen molar-refractivity contribution in [3.8, 4) is 6.07 Å². The summed E-state index contributed by atoms with van der Waals surface area (Å²) in [6, 6.07) is 1.97. The largest absolute Gasteiger partial charge is 0.466 e. The summed E-state index contributed by atoms with van der Waals surface area (Å²) in [4.78, 5) is 25.2. The molecule has 19 heavy (non-hydrogen) atoms. The van der Waals surface area contributed by atoms with Gasteiger partial charge in [0.25, 0.3) is 0 Å². The number of ether oxygens (including phenoxy) is 1. The van der Waals surface area contributed by atoms with Crippen LogP contribution in [0.4, 0.5) is 0 Å². The standard InChI is InChI=1S/C13H21N3O3/c1-2-19-13(18)11-5-3-8-16(9-11)10-12(17)15-7-4-6-14/h11H,2-5,7-10H2,1H3,(H,15,17)/t11-/m0/s1. The maximum atomic E-state index is 11.7. The van der Waals surface area contributed by atoms with E-state index in [4.69, 9.17) is 10.00 Å². The van der Waals surface area contributed by atoms with Crippen LogP contribution >= 0.6 is 0 Å².